The summed E-state index contributed by atoms with van der Waals surface area (Å²) in [7, 11) is 0. The Hall–Kier alpha value is -3.15. The molecule has 6 heteroatoms. The molecule has 0 aromatic carbocycles. The summed E-state index contributed by atoms with van der Waals surface area (Å²) in [5, 5.41) is 0. The van der Waals surface area contributed by atoms with Crippen molar-refractivity contribution in [2.75, 3.05) is 13.2 Å². The number of ether oxygens (including phenoxy) is 3. The highest BCUT2D eigenvalue weighted by molar-refractivity contribution is 5.71. The van der Waals surface area contributed by atoms with Crippen molar-refractivity contribution in [1.29, 1.82) is 0 Å². The van der Waals surface area contributed by atoms with Crippen LogP contribution in [0.2, 0.25) is 0 Å². The van der Waals surface area contributed by atoms with E-state index in [0.717, 1.165) is 122 Å². The van der Waals surface area contributed by atoms with E-state index in [1.807, 2.05) is 0 Å². The van der Waals surface area contributed by atoms with Crippen LogP contribution in [0.4, 0.5) is 0 Å². The Bertz CT molecular complexity index is 1340. The molecule has 0 radical (unpaired) electrons. The predicted octanol–water partition coefficient (Wildman–Crippen LogP) is 20.9. The van der Waals surface area contributed by atoms with Gasteiger partial charge in [-0.05, 0) is 83.5 Å². The fraction of sp³-hybridized carbons (Fsp3) is 0.773. The van der Waals surface area contributed by atoms with Crippen molar-refractivity contribution in [2.24, 2.45) is 0 Å². The van der Waals surface area contributed by atoms with Crippen LogP contribution in [0.3, 0.4) is 0 Å². The Labute approximate surface area is 446 Å². The van der Waals surface area contributed by atoms with Crippen LogP contribution in [0.5, 0.6) is 0 Å². The van der Waals surface area contributed by atoms with Gasteiger partial charge in [0.2, 0.25) is 0 Å². The minimum absolute atomic E-state index is 0.0876. The van der Waals surface area contributed by atoms with Crippen molar-refractivity contribution in [3.63, 3.8) is 0 Å². The summed E-state index contributed by atoms with van der Waals surface area (Å²) in [6.45, 7) is 6.49. The minimum atomic E-state index is -0.794. The van der Waals surface area contributed by atoms with Crippen LogP contribution in [0, 0.1) is 0 Å². The summed E-state index contributed by atoms with van der Waals surface area (Å²) in [4.78, 5) is 38.2. The summed E-state index contributed by atoms with van der Waals surface area (Å²) < 4.78 is 16.9. The van der Waals surface area contributed by atoms with Crippen LogP contribution >= 0.6 is 0 Å². The molecule has 0 fully saturated rings. The standard InChI is InChI=1S/C66H116O6/c1-4-7-10-13-16-19-22-25-28-30-31-32-33-34-35-37-38-41-44-47-50-53-56-59-65(68)71-62-63(61-70-64(67)58-55-52-49-46-43-40-27-24-21-18-15-12-9-6-3)72-66(69)60-57-54-51-48-45-42-39-36-29-26-23-20-17-14-11-8-5-2/h8,11,15,17-18,20,24,26-27,29,39,42,63H,4-7,9-10,12-14,16,19,21-23,25,28,30-38,40-41,43-62H2,1-3H3/b11-8-,18-15-,20-17-,27-24-,29-26-,42-39-. The number of allylic oxidation sites excluding steroid dienone is 12. The zero-order chi connectivity index (χ0) is 52.2. The van der Waals surface area contributed by atoms with Crippen LogP contribution in [0.1, 0.15) is 310 Å². The van der Waals surface area contributed by atoms with Crippen LogP contribution in [0.15, 0.2) is 72.9 Å². The van der Waals surface area contributed by atoms with Gasteiger partial charge >= 0.3 is 17.9 Å². The number of rotatable bonds is 56. The summed E-state index contributed by atoms with van der Waals surface area (Å²) in [5.41, 5.74) is 0. The van der Waals surface area contributed by atoms with Crippen LogP contribution in [-0.2, 0) is 28.6 Å². The molecule has 0 saturated heterocycles. The SMILES string of the molecule is CC/C=C\C/C=C\C/C=C\C/C=C\CCCCCCC(=O)OC(COC(=O)CCCCCCC/C=C\C/C=C\CCCC)COC(=O)CCCCCCCCCCCCCCCCCCCCCCCCC. The Balaban J connectivity index is 4.34. The summed E-state index contributed by atoms with van der Waals surface area (Å²) in [5.74, 6) is -0.913. The quantitative estimate of drug-likeness (QED) is 0.0261. The molecule has 0 N–H and O–H groups in total. The highest BCUT2D eigenvalue weighted by Crippen LogP contribution is 2.17. The van der Waals surface area contributed by atoms with Gasteiger partial charge in [-0.25, -0.2) is 0 Å². The smallest absolute Gasteiger partial charge is 0.306 e. The number of carbonyl (C=O) groups excluding carboxylic acids is 3. The maximum absolute atomic E-state index is 12.9. The van der Waals surface area contributed by atoms with Gasteiger partial charge in [-0.3, -0.25) is 14.4 Å². The van der Waals surface area contributed by atoms with Gasteiger partial charge in [-0.2, -0.15) is 0 Å². The lowest BCUT2D eigenvalue weighted by molar-refractivity contribution is -0.167. The molecule has 0 saturated carbocycles. The first-order valence-electron chi connectivity index (χ1n) is 30.9. The van der Waals surface area contributed by atoms with Gasteiger partial charge in [0.25, 0.3) is 0 Å². The molecule has 0 aliphatic rings. The van der Waals surface area contributed by atoms with Crippen molar-refractivity contribution in [1.82, 2.24) is 0 Å². The topological polar surface area (TPSA) is 78.9 Å². The molecule has 416 valence electrons. The third-order valence-corrected chi connectivity index (χ3v) is 13.4. The largest absolute Gasteiger partial charge is 0.462 e. The fourth-order valence-electron chi connectivity index (χ4n) is 8.81. The molecule has 1 unspecified atom stereocenters. The Morgan fingerprint density at radius 2 is 0.556 bits per heavy atom. The van der Waals surface area contributed by atoms with E-state index in [4.69, 9.17) is 14.2 Å². The Morgan fingerprint density at radius 3 is 0.889 bits per heavy atom. The number of hydrogen-bond acceptors (Lipinski definition) is 6. The fourth-order valence-corrected chi connectivity index (χ4v) is 8.81. The van der Waals surface area contributed by atoms with Crippen molar-refractivity contribution in [2.45, 2.75) is 316 Å². The summed E-state index contributed by atoms with van der Waals surface area (Å²) in [6.07, 6.45) is 77.6. The van der Waals surface area contributed by atoms with E-state index in [2.05, 4.69) is 93.7 Å². The molecule has 0 aromatic heterocycles. The van der Waals surface area contributed by atoms with Gasteiger partial charge in [-0.15, -0.1) is 0 Å². The van der Waals surface area contributed by atoms with Gasteiger partial charge in [-0.1, -0.05) is 280 Å². The molecule has 6 nitrogen and oxygen atoms in total. The van der Waals surface area contributed by atoms with Crippen LogP contribution < -0.4 is 0 Å². The van der Waals surface area contributed by atoms with Gasteiger partial charge in [0.15, 0.2) is 6.10 Å². The van der Waals surface area contributed by atoms with E-state index >= 15 is 0 Å². The zero-order valence-electron chi connectivity index (χ0n) is 47.7. The van der Waals surface area contributed by atoms with E-state index in [1.54, 1.807) is 0 Å². The third kappa shape index (κ3) is 57.7. The van der Waals surface area contributed by atoms with Crippen molar-refractivity contribution in [3.05, 3.63) is 72.9 Å². The minimum Gasteiger partial charge on any atom is -0.462 e. The maximum Gasteiger partial charge on any atom is 0.306 e. The maximum atomic E-state index is 12.9. The second-order valence-electron chi connectivity index (χ2n) is 20.6. The second kappa shape index (κ2) is 60.4. The van der Waals surface area contributed by atoms with Crippen molar-refractivity contribution < 1.29 is 28.6 Å². The third-order valence-electron chi connectivity index (χ3n) is 13.4. The Kier molecular flexibility index (Phi) is 57.8. The first-order chi connectivity index (χ1) is 35.5. The molecule has 0 amide bonds. The van der Waals surface area contributed by atoms with Crippen LogP contribution in [0.25, 0.3) is 0 Å². The second-order valence-corrected chi connectivity index (χ2v) is 20.6. The molecule has 0 aromatic rings. The first kappa shape index (κ1) is 68.8. The molecule has 0 aliphatic heterocycles. The molecule has 1 atom stereocenters. The molecule has 72 heavy (non-hydrogen) atoms. The lowest BCUT2D eigenvalue weighted by Crippen LogP contribution is -2.30. The number of carbonyl (C=O) groups is 3. The molecular formula is C66H116O6. The first-order valence-corrected chi connectivity index (χ1v) is 30.9. The summed E-state index contributed by atoms with van der Waals surface area (Å²) >= 11 is 0. The number of esters is 3. The number of unbranched alkanes of at least 4 members (excludes halogenated alkanes) is 33. The van der Waals surface area contributed by atoms with E-state index < -0.39 is 6.10 Å². The summed E-state index contributed by atoms with van der Waals surface area (Å²) in [6, 6.07) is 0. The molecule has 0 rings (SSSR count). The van der Waals surface area contributed by atoms with Gasteiger partial charge in [0, 0.05) is 19.3 Å². The molecular weight excluding hydrogens is 889 g/mol. The monoisotopic (exact) mass is 1000 g/mol. The molecule has 0 bridgehead atoms. The average molecular weight is 1010 g/mol. The van der Waals surface area contributed by atoms with E-state index in [0.29, 0.717) is 19.3 Å². The van der Waals surface area contributed by atoms with Crippen molar-refractivity contribution >= 4 is 17.9 Å². The van der Waals surface area contributed by atoms with E-state index in [-0.39, 0.29) is 31.1 Å². The highest BCUT2D eigenvalue weighted by atomic mass is 16.6. The van der Waals surface area contributed by atoms with Crippen molar-refractivity contribution in [3.8, 4) is 0 Å². The average Bonchev–Trinajstić information content (AvgIpc) is 3.38. The number of hydrogen-bond donors (Lipinski definition) is 0. The predicted molar refractivity (Wildman–Crippen MR) is 311 cm³/mol. The van der Waals surface area contributed by atoms with E-state index in [9.17, 15) is 14.4 Å². The molecule has 0 spiro atoms. The van der Waals surface area contributed by atoms with Crippen LogP contribution in [-0.4, -0.2) is 37.2 Å². The molecule has 0 aliphatic carbocycles. The van der Waals surface area contributed by atoms with Gasteiger partial charge in [0.05, 0.1) is 0 Å². The van der Waals surface area contributed by atoms with Gasteiger partial charge in [0.1, 0.15) is 13.2 Å². The van der Waals surface area contributed by atoms with Gasteiger partial charge < -0.3 is 14.2 Å². The highest BCUT2D eigenvalue weighted by Gasteiger charge is 2.19. The molecule has 0 heterocycles. The zero-order valence-corrected chi connectivity index (χ0v) is 47.7. The Morgan fingerprint density at radius 1 is 0.292 bits per heavy atom. The lowest BCUT2D eigenvalue weighted by atomic mass is 10.0. The normalized spacial score (nSPS) is 12.5. The van der Waals surface area contributed by atoms with E-state index in [1.165, 1.54) is 148 Å². The lowest BCUT2D eigenvalue weighted by Gasteiger charge is -2.18.